The predicted octanol–water partition coefficient (Wildman–Crippen LogP) is 2.10. The van der Waals surface area contributed by atoms with E-state index < -0.39 is 26.8 Å². The van der Waals surface area contributed by atoms with E-state index in [4.69, 9.17) is 5.26 Å². The number of nitriles is 1. The number of hydrogen-bond acceptors (Lipinski definition) is 4. The van der Waals surface area contributed by atoms with Gasteiger partial charge in [-0.2, -0.15) is 5.26 Å². The second-order valence-corrected chi connectivity index (χ2v) is 6.76. The van der Waals surface area contributed by atoms with Crippen molar-refractivity contribution in [2.45, 2.75) is 24.8 Å². The lowest BCUT2D eigenvalue weighted by molar-refractivity contribution is 0.445. The van der Waals surface area contributed by atoms with Crippen molar-refractivity contribution in [1.82, 2.24) is 14.7 Å². The fourth-order valence-electron chi connectivity index (χ4n) is 1.97. The molecule has 0 fully saturated rings. The number of sulfonamides is 1. The molecular formula is C14H15FN4O2S. The fraction of sp³-hybridized carbons (Fsp3) is 0.286. The third-order valence-corrected chi connectivity index (χ3v) is 4.59. The molecule has 116 valence electrons. The predicted molar refractivity (Wildman–Crippen MR) is 77.6 cm³/mol. The van der Waals surface area contributed by atoms with Gasteiger partial charge in [-0.05, 0) is 24.1 Å². The summed E-state index contributed by atoms with van der Waals surface area (Å²) in [5.74, 6) is -0.608. The highest BCUT2D eigenvalue weighted by Crippen LogP contribution is 2.23. The molecule has 1 aromatic heterocycles. The standard InChI is InChI=1S/C14H15FN4O2S/c1-9(2)13(14-17-5-6-18-14)19-22(20,21)12-4-3-10(8-16)7-11(12)15/h3-7,9,13,19H,1-2H3,(H,17,18)/t13-/m0/s1. The van der Waals surface area contributed by atoms with Crippen molar-refractivity contribution in [3.63, 3.8) is 0 Å². The maximum absolute atomic E-state index is 13.9. The molecular weight excluding hydrogens is 307 g/mol. The van der Waals surface area contributed by atoms with E-state index in [0.717, 1.165) is 12.1 Å². The molecule has 0 aliphatic rings. The molecule has 0 amide bonds. The quantitative estimate of drug-likeness (QED) is 0.880. The minimum absolute atomic E-state index is 0.0582. The number of nitrogens with zero attached hydrogens (tertiary/aromatic N) is 2. The van der Waals surface area contributed by atoms with Gasteiger partial charge in [0.15, 0.2) is 0 Å². The zero-order valence-corrected chi connectivity index (χ0v) is 12.9. The summed E-state index contributed by atoms with van der Waals surface area (Å²) < 4.78 is 41.2. The van der Waals surface area contributed by atoms with Crippen LogP contribution in [-0.2, 0) is 10.0 Å². The molecule has 1 atom stereocenters. The van der Waals surface area contributed by atoms with Gasteiger partial charge in [0.25, 0.3) is 0 Å². The maximum Gasteiger partial charge on any atom is 0.244 e. The number of benzene rings is 1. The molecule has 2 aromatic rings. The van der Waals surface area contributed by atoms with Crippen LogP contribution in [0.3, 0.4) is 0 Å². The Labute approximate surface area is 128 Å². The summed E-state index contributed by atoms with van der Waals surface area (Å²) >= 11 is 0. The van der Waals surface area contributed by atoms with Crippen LogP contribution in [0.25, 0.3) is 0 Å². The first-order chi connectivity index (χ1) is 10.3. The number of rotatable bonds is 5. The van der Waals surface area contributed by atoms with Gasteiger partial charge < -0.3 is 4.98 Å². The smallest absolute Gasteiger partial charge is 0.244 e. The molecule has 2 N–H and O–H groups in total. The lowest BCUT2D eigenvalue weighted by atomic mass is 10.1. The topological polar surface area (TPSA) is 98.6 Å². The maximum atomic E-state index is 13.9. The van der Waals surface area contributed by atoms with Crippen LogP contribution in [0.15, 0.2) is 35.5 Å². The van der Waals surface area contributed by atoms with Gasteiger partial charge in [-0.1, -0.05) is 13.8 Å². The molecule has 8 heteroatoms. The Bertz CT molecular complexity index is 795. The number of imidazole rings is 1. The number of aromatic nitrogens is 2. The average Bonchev–Trinajstić information content (AvgIpc) is 2.97. The van der Waals surface area contributed by atoms with Gasteiger partial charge in [-0.15, -0.1) is 0 Å². The Morgan fingerprint density at radius 1 is 1.41 bits per heavy atom. The van der Waals surface area contributed by atoms with E-state index in [2.05, 4.69) is 14.7 Å². The highest BCUT2D eigenvalue weighted by molar-refractivity contribution is 7.89. The number of aromatic amines is 1. The van der Waals surface area contributed by atoms with Crippen molar-refractivity contribution in [2.75, 3.05) is 0 Å². The Morgan fingerprint density at radius 3 is 2.64 bits per heavy atom. The molecule has 0 radical (unpaired) electrons. The monoisotopic (exact) mass is 322 g/mol. The van der Waals surface area contributed by atoms with Gasteiger partial charge >= 0.3 is 0 Å². The third-order valence-electron chi connectivity index (χ3n) is 3.11. The van der Waals surface area contributed by atoms with Crippen molar-refractivity contribution in [1.29, 1.82) is 5.26 Å². The Balaban J connectivity index is 2.36. The summed E-state index contributed by atoms with van der Waals surface area (Å²) in [6, 6.07) is 4.37. The molecule has 0 spiro atoms. The van der Waals surface area contributed by atoms with E-state index in [-0.39, 0.29) is 11.5 Å². The summed E-state index contributed by atoms with van der Waals surface area (Å²) in [7, 11) is -4.08. The second-order valence-electron chi connectivity index (χ2n) is 5.07. The zero-order chi connectivity index (χ0) is 16.3. The molecule has 22 heavy (non-hydrogen) atoms. The minimum atomic E-state index is -4.08. The first-order valence-corrected chi connectivity index (χ1v) is 8.04. The normalized spacial score (nSPS) is 13.0. The highest BCUT2D eigenvalue weighted by Gasteiger charge is 2.27. The van der Waals surface area contributed by atoms with E-state index in [9.17, 15) is 12.8 Å². The average molecular weight is 322 g/mol. The van der Waals surface area contributed by atoms with Gasteiger partial charge in [0.2, 0.25) is 10.0 Å². The lowest BCUT2D eigenvalue weighted by Crippen LogP contribution is -2.33. The summed E-state index contributed by atoms with van der Waals surface area (Å²) in [6.07, 6.45) is 3.10. The van der Waals surface area contributed by atoms with Crippen LogP contribution in [0.2, 0.25) is 0 Å². The van der Waals surface area contributed by atoms with Gasteiger partial charge in [0.1, 0.15) is 16.5 Å². The number of halogens is 1. The van der Waals surface area contributed by atoms with Gasteiger partial charge in [0, 0.05) is 12.4 Å². The molecule has 0 bridgehead atoms. The van der Waals surface area contributed by atoms with Crippen LogP contribution in [0.4, 0.5) is 4.39 Å². The summed E-state index contributed by atoms with van der Waals surface area (Å²) in [6.45, 7) is 3.65. The van der Waals surface area contributed by atoms with Crippen molar-refractivity contribution in [2.24, 2.45) is 5.92 Å². The number of hydrogen-bond donors (Lipinski definition) is 2. The molecule has 6 nitrogen and oxygen atoms in total. The zero-order valence-electron chi connectivity index (χ0n) is 12.0. The highest BCUT2D eigenvalue weighted by atomic mass is 32.2. The van der Waals surface area contributed by atoms with Gasteiger partial charge in [-0.25, -0.2) is 22.5 Å². The van der Waals surface area contributed by atoms with Crippen LogP contribution >= 0.6 is 0 Å². The molecule has 0 aliphatic heterocycles. The van der Waals surface area contributed by atoms with Crippen LogP contribution in [0.5, 0.6) is 0 Å². The van der Waals surface area contributed by atoms with Gasteiger partial charge in [0.05, 0.1) is 17.7 Å². The lowest BCUT2D eigenvalue weighted by Gasteiger charge is -2.20. The third kappa shape index (κ3) is 3.32. The molecule has 0 unspecified atom stereocenters. The van der Waals surface area contributed by atoms with E-state index in [1.54, 1.807) is 12.3 Å². The Hall–Kier alpha value is -2.24. The molecule has 1 aromatic carbocycles. The number of H-pyrrole nitrogens is 1. The van der Waals surface area contributed by atoms with Crippen LogP contribution in [0.1, 0.15) is 31.3 Å². The van der Waals surface area contributed by atoms with Crippen molar-refractivity contribution >= 4 is 10.0 Å². The molecule has 2 rings (SSSR count). The van der Waals surface area contributed by atoms with E-state index >= 15 is 0 Å². The van der Waals surface area contributed by atoms with E-state index in [1.165, 1.54) is 12.3 Å². The second kappa shape index (κ2) is 6.25. The van der Waals surface area contributed by atoms with Crippen LogP contribution in [0, 0.1) is 23.1 Å². The van der Waals surface area contributed by atoms with E-state index in [1.807, 2.05) is 13.8 Å². The van der Waals surface area contributed by atoms with Crippen molar-refractivity contribution in [3.8, 4) is 6.07 Å². The first kappa shape index (κ1) is 16.1. The molecule has 0 aliphatic carbocycles. The van der Waals surface area contributed by atoms with Crippen LogP contribution in [-0.4, -0.2) is 18.4 Å². The summed E-state index contributed by atoms with van der Waals surface area (Å²) in [4.78, 5) is 6.40. The Kier molecular flexibility index (Phi) is 4.59. The SMILES string of the molecule is CC(C)[C@H](NS(=O)(=O)c1ccc(C#N)cc1F)c1ncc[nH]1. The Morgan fingerprint density at radius 2 is 2.14 bits per heavy atom. The first-order valence-electron chi connectivity index (χ1n) is 6.56. The van der Waals surface area contributed by atoms with Crippen molar-refractivity contribution < 1.29 is 12.8 Å². The van der Waals surface area contributed by atoms with Crippen molar-refractivity contribution in [3.05, 3.63) is 47.8 Å². The van der Waals surface area contributed by atoms with E-state index in [0.29, 0.717) is 5.82 Å². The fourth-order valence-corrected chi connectivity index (χ4v) is 3.38. The minimum Gasteiger partial charge on any atom is -0.347 e. The molecule has 0 saturated heterocycles. The summed E-state index contributed by atoms with van der Waals surface area (Å²) in [5, 5.41) is 8.70. The molecule has 0 saturated carbocycles. The summed E-state index contributed by atoms with van der Waals surface area (Å²) in [5.41, 5.74) is 0.0582. The largest absolute Gasteiger partial charge is 0.347 e. The van der Waals surface area contributed by atoms with Gasteiger partial charge in [-0.3, -0.25) is 0 Å². The molecule has 1 heterocycles. The number of nitrogens with one attached hydrogen (secondary N) is 2. The van der Waals surface area contributed by atoms with Crippen LogP contribution < -0.4 is 4.72 Å².